The van der Waals surface area contributed by atoms with Crippen molar-refractivity contribution in [3.8, 4) is 0 Å². The van der Waals surface area contributed by atoms with E-state index in [0.717, 1.165) is 12.8 Å². The lowest BCUT2D eigenvalue weighted by molar-refractivity contribution is -0.127. The molecule has 0 radical (unpaired) electrons. The van der Waals surface area contributed by atoms with Gasteiger partial charge in [0, 0.05) is 12.6 Å². The van der Waals surface area contributed by atoms with Gasteiger partial charge in [-0.3, -0.25) is 4.79 Å². The largest absolute Gasteiger partial charge is 0.355 e. The van der Waals surface area contributed by atoms with Gasteiger partial charge in [-0.15, -0.1) is 12.4 Å². The normalized spacial score (nSPS) is 30.0. The smallest absolute Gasteiger partial charge is 0.224 e. The predicted octanol–water partition coefficient (Wildman–Crippen LogP) is 2.45. The number of benzene rings is 1. The number of nitrogens with two attached hydrogens (primary N) is 1. The SMILES string of the molecule is Cc1ccccc1CCNC(=O)C1C2CCC(C2)C1N.Cl. The van der Waals surface area contributed by atoms with Crippen LogP contribution in [0, 0.1) is 24.7 Å². The van der Waals surface area contributed by atoms with E-state index in [0.29, 0.717) is 18.4 Å². The van der Waals surface area contributed by atoms with Gasteiger partial charge in [0.2, 0.25) is 5.91 Å². The van der Waals surface area contributed by atoms with Crippen LogP contribution in [0.4, 0.5) is 0 Å². The van der Waals surface area contributed by atoms with Gasteiger partial charge in [0.15, 0.2) is 0 Å². The summed E-state index contributed by atoms with van der Waals surface area (Å²) in [5.41, 5.74) is 8.81. The summed E-state index contributed by atoms with van der Waals surface area (Å²) in [5, 5.41) is 3.10. The molecule has 0 aliphatic heterocycles. The van der Waals surface area contributed by atoms with Crippen LogP contribution in [-0.4, -0.2) is 18.5 Å². The quantitative estimate of drug-likeness (QED) is 0.897. The molecule has 2 bridgehead atoms. The second-order valence-corrected chi connectivity index (χ2v) is 6.40. The second-order valence-electron chi connectivity index (χ2n) is 6.40. The van der Waals surface area contributed by atoms with E-state index in [4.69, 9.17) is 5.73 Å². The van der Waals surface area contributed by atoms with E-state index in [1.165, 1.54) is 24.0 Å². The minimum Gasteiger partial charge on any atom is -0.355 e. The summed E-state index contributed by atoms with van der Waals surface area (Å²) in [6.07, 6.45) is 4.47. The summed E-state index contributed by atoms with van der Waals surface area (Å²) in [7, 11) is 0. The third-order valence-corrected chi connectivity index (χ3v) is 5.24. The van der Waals surface area contributed by atoms with Crippen LogP contribution in [0.15, 0.2) is 24.3 Å². The van der Waals surface area contributed by atoms with Crippen LogP contribution in [0.25, 0.3) is 0 Å². The first-order valence-corrected chi connectivity index (χ1v) is 7.74. The molecule has 3 N–H and O–H groups in total. The van der Waals surface area contributed by atoms with Gasteiger partial charge in [-0.25, -0.2) is 0 Å². The van der Waals surface area contributed by atoms with Gasteiger partial charge in [0.25, 0.3) is 0 Å². The Morgan fingerprint density at radius 3 is 2.67 bits per heavy atom. The number of nitrogens with one attached hydrogen (secondary N) is 1. The van der Waals surface area contributed by atoms with Gasteiger partial charge >= 0.3 is 0 Å². The first kappa shape index (κ1) is 16.3. The number of fused-ring (bicyclic) bond motifs is 2. The molecule has 2 aliphatic rings. The summed E-state index contributed by atoms with van der Waals surface area (Å²) in [6, 6.07) is 8.43. The van der Waals surface area contributed by atoms with Crippen LogP contribution in [-0.2, 0) is 11.2 Å². The minimum absolute atomic E-state index is 0. The lowest BCUT2D eigenvalue weighted by Gasteiger charge is -2.27. The molecule has 4 unspecified atom stereocenters. The highest BCUT2D eigenvalue weighted by atomic mass is 35.5. The molecule has 21 heavy (non-hydrogen) atoms. The third-order valence-electron chi connectivity index (χ3n) is 5.24. The zero-order valence-electron chi connectivity index (χ0n) is 12.5. The van der Waals surface area contributed by atoms with Crippen molar-refractivity contribution in [1.82, 2.24) is 5.32 Å². The maximum absolute atomic E-state index is 12.3. The molecule has 116 valence electrons. The van der Waals surface area contributed by atoms with Gasteiger partial charge in [0.1, 0.15) is 0 Å². The number of rotatable bonds is 4. The van der Waals surface area contributed by atoms with Gasteiger partial charge in [-0.2, -0.15) is 0 Å². The Labute approximate surface area is 133 Å². The zero-order chi connectivity index (χ0) is 14.1. The first-order chi connectivity index (χ1) is 9.66. The van der Waals surface area contributed by atoms with Crippen molar-refractivity contribution >= 4 is 18.3 Å². The highest BCUT2D eigenvalue weighted by Gasteiger charge is 2.48. The molecule has 0 spiro atoms. The molecule has 1 aromatic rings. The highest BCUT2D eigenvalue weighted by molar-refractivity contribution is 5.85. The molecular formula is C17H25ClN2O. The first-order valence-electron chi connectivity index (χ1n) is 7.74. The van der Waals surface area contributed by atoms with E-state index < -0.39 is 0 Å². The molecule has 3 nitrogen and oxygen atoms in total. The van der Waals surface area contributed by atoms with E-state index in [1.807, 2.05) is 6.07 Å². The van der Waals surface area contributed by atoms with Crippen molar-refractivity contribution < 1.29 is 4.79 Å². The van der Waals surface area contributed by atoms with Gasteiger partial charge in [-0.05, 0) is 55.6 Å². The molecule has 0 aromatic heterocycles. The molecule has 1 amide bonds. The Hall–Kier alpha value is -1.06. The molecule has 2 saturated carbocycles. The van der Waals surface area contributed by atoms with E-state index in [-0.39, 0.29) is 30.3 Å². The number of carbonyl (C=O) groups is 1. The summed E-state index contributed by atoms with van der Waals surface area (Å²) in [4.78, 5) is 12.3. The lowest BCUT2D eigenvalue weighted by atomic mass is 9.84. The van der Waals surface area contributed by atoms with Gasteiger partial charge in [-0.1, -0.05) is 24.3 Å². The van der Waals surface area contributed by atoms with E-state index in [9.17, 15) is 4.79 Å². The fourth-order valence-electron chi connectivity index (χ4n) is 4.05. The number of aryl methyl sites for hydroxylation is 1. The van der Waals surface area contributed by atoms with Crippen LogP contribution in [0.1, 0.15) is 30.4 Å². The van der Waals surface area contributed by atoms with E-state index >= 15 is 0 Å². The Balaban J connectivity index is 0.00000161. The molecule has 2 aliphatic carbocycles. The number of hydrogen-bond acceptors (Lipinski definition) is 2. The molecule has 4 heteroatoms. The third kappa shape index (κ3) is 3.24. The van der Waals surface area contributed by atoms with E-state index in [2.05, 4.69) is 30.4 Å². The summed E-state index contributed by atoms with van der Waals surface area (Å²) >= 11 is 0. The average molecular weight is 309 g/mol. The lowest BCUT2D eigenvalue weighted by Crippen LogP contribution is -2.45. The molecule has 0 saturated heterocycles. The van der Waals surface area contributed by atoms with Crippen LogP contribution in [0.5, 0.6) is 0 Å². The average Bonchev–Trinajstić information content (AvgIpc) is 3.01. The van der Waals surface area contributed by atoms with Crippen molar-refractivity contribution in [2.45, 2.75) is 38.6 Å². The molecule has 3 rings (SSSR count). The van der Waals surface area contributed by atoms with Crippen molar-refractivity contribution in [2.75, 3.05) is 6.54 Å². The van der Waals surface area contributed by atoms with Crippen LogP contribution >= 0.6 is 12.4 Å². The Bertz CT molecular complexity index is 503. The molecule has 4 atom stereocenters. The number of carbonyl (C=O) groups excluding carboxylic acids is 1. The molecule has 0 heterocycles. The maximum Gasteiger partial charge on any atom is 0.224 e. The van der Waals surface area contributed by atoms with E-state index in [1.54, 1.807) is 0 Å². The van der Waals surface area contributed by atoms with Crippen molar-refractivity contribution in [2.24, 2.45) is 23.5 Å². The number of halogens is 1. The Morgan fingerprint density at radius 2 is 2.00 bits per heavy atom. The van der Waals surface area contributed by atoms with Crippen LogP contribution in [0.2, 0.25) is 0 Å². The monoisotopic (exact) mass is 308 g/mol. The molecular weight excluding hydrogens is 284 g/mol. The number of amides is 1. The summed E-state index contributed by atoms with van der Waals surface area (Å²) < 4.78 is 0. The summed E-state index contributed by atoms with van der Waals surface area (Å²) in [6.45, 7) is 2.83. The van der Waals surface area contributed by atoms with Crippen LogP contribution < -0.4 is 11.1 Å². The second kappa shape index (κ2) is 6.80. The van der Waals surface area contributed by atoms with Crippen molar-refractivity contribution in [1.29, 1.82) is 0 Å². The van der Waals surface area contributed by atoms with Crippen molar-refractivity contribution in [3.63, 3.8) is 0 Å². The maximum atomic E-state index is 12.3. The Kier molecular flexibility index (Phi) is 5.28. The number of hydrogen-bond donors (Lipinski definition) is 2. The Morgan fingerprint density at radius 1 is 1.29 bits per heavy atom. The van der Waals surface area contributed by atoms with Gasteiger partial charge in [0.05, 0.1) is 5.92 Å². The van der Waals surface area contributed by atoms with Crippen LogP contribution in [0.3, 0.4) is 0 Å². The highest BCUT2D eigenvalue weighted by Crippen LogP contribution is 2.47. The fraction of sp³-hybridized carbons (Fsp3) is 0.588. The fourth-order valence-corrected chi connectivity index (χ4v) is 4.05. The standard InChI is InChI=1S/C17H24N2O.ClH/c1-11-4-2-3-5-12(11)8-9-19-17(20)15-13-6-7-14(10-13)16(15)18;/h2-5,13-16H,6-10,18H2,1H3,(H,19,20);1H. The predicted molar refractivity (Wildman–Crippen MR) is 87.4 cm³/mol. The van der Waals surface area contributed by atoms with Gasteiger partial charge < -0.3 is 11.1 Å². The van der Waals surface area contributed by atoms with Crippen molar-refractivity contribution in [3.05, 3.63) is 35.4 Å². The minimum atomic E-state index is 0. The summed E-state index contributed by atoms with van der Waals surface area (Å²) in [5.74, 6) is 1.37. The molecule has 1 aromatic carbocycles. The zero-order valence-corrected chi connectivity index (χ0v) is 13.4. The molecule has 2 fully saturated rings. The topological polar surface area (TPSA) is 55.1 Å².